The molecule has 0 bridgehead atoms. The van der Waals surface area contributed by atoms with Crippen molar-refractivity contribution >= 4 is 28.8 Å². The van der Waals surface area contributed by atoms with Crippen LogP contribution in [-0.4, -0.2) is 93.3 Å². The van der Waals surface area contributed by atoms with Crippen LogP contribution in [0.4, 0.5) is 4.39 Å². The first-order chi connectivity index (χ1) is 18.7. The van der Waals surface area contributed by atoms with Gasteiger partial charge in [-0.05, 0) is 76.4 Å². The molecule has 1 spiro atoms. The fourth-order valence-electron chi connectivity index (χ4n) is 6.31. The number of carbonyl (C=O) groups is 3. The molecular weight excluding hydrogens is 527 g/mol. The third kappa shape index (κ3) is 6.14. The standard InChI is InChI=1S/C22H31FN2O2.C6H8O7/c1-5-19(26-4)21(25(2)3)9-11-22(12-10-21)20-16(8-13-27-22)17-14-15(23)6-7-18(17)24-20;7-3(8)1-6(13,5(11)12)2-4(9)10/h6-7,14,19,24H,5,8-13H2,1-4H3;13H,1-2H2,(H,7,8)(H,9,10)(H,11,12). The lowest BCUT2D eigenvalue weighted by Crippen LogP contribution is -2.58. The summed E-state index contributed by atoms with van der Waals surface area (Å²) < 4.78 is 26.1. The van der Waals surface area contributed by atoms with E-state index in [1.165, 1.54) is 17.3 Å². The quantitative estimate of drug-likeness (QED) is 0.304. The predicted molar refractivity (Wildman–Crippen MR) is 143 cm³/mol. The number of fused-ring (bicyclic) bond motifs is 4. The maximum Gasteiger partial charge on any atom is 0.336 e. The number of nitrogens with one attached hydrogen (secondary N) is 1. The third-order valence-corrected chi connectivity index (χ3v) is 8.41. The Morgan fingerprint density at radius 2 is 1.73 bits per heavy atom. The molecule has 1 aliphatic heterocycles. The van der Waals surface area contributed by atoms with Crippen molar-refractivity contribution in [2.75, 3.05) is 27.8 Å². The number of aliphatic carboxylic acids is 3. The van der Waals surface area contributed by atoms with Crippen LogP contribution in [0.25, 0.3) is 10.9 Å². The first-order valence-corrected chi connectivity index (χ1v) is 13.3. The lowest BCUT2D eigenvalue weighted by atomic mass is 9.68. The van der Waals surface area contributed by atoms with E-state index < -0.39 is 36.4 Å². The average molecular weight is 567 g/mol. The molecular formula is C28H39FN2O9. The molecule has 1 aliphatic carbocycles. The maximum absolute atomic E-state index is 13.8. The first kappa shape index (κ1) is 31.5. The highest BCUT2D eigenvalue weighted by atomic mass is 19.1. The second-order valence-corrected chi connectivity index (χ2v) is 10.9. The second-order valence-electron chi connectivity index (χ2n) is 10.9. The number of carboxylic acid groups (broad SMARTS) is 3. The van der Waals surface area contributed by atoms with E-state index in [0.29, 0.717) is 6.61 Å². The minimum atomic E-state index is -2.74. The summed E-state index contributed by atoms with van der Waals surface area (Å²) >= 11 is 0. The van der Waals surface area contributed by atoms with Gasteiger partial charge < -0.3 is 39.8 Å². The molecule has 1 aromatic carbocycles. The zero-order valence-corrected chi connectivity index (χ0v) is 23.3. The number of aromatic amines is 1. The van der Waals surface area contributed by atoms with Crippen LogP contribution in [0.1, 0.15) is 63.1 Å². The molecule has 11 nitrogen and oxygen atoms in total. The van der Waals surface area contributed by atoms with Gasteiger partial charge >= 0.3 is 17.9 Å². The smallest absolute Gasteiger partial charge is 0.336 e. The number of hydrogen-bond donors (Lipinski definition) is 5. The van der Waals surface area contributed by atoms with E-state index in [-0.39, 0.29) is 23.1 Å². The largest absolute Gasteiger partial charge is 0.481 e. The van der Waals surface area contributed by atoms with E-state index in [1.807, 2.05) is 13.2 Å². The summed E-state index contributed by atoms with van der Waals surface area (Å²) in [4.78, 5) is 36.4. The van der Waals surface area contributed by atoms with Crippen molar-refractivity contribution < 1.29 is 48.7 Å². The molecule has 1 fully saturated rings. The summed E-state index contributed by atoms with van der Waals surface area (Å²) in [7, 11) is 6.16. The van der Waals surface area contributed by atoms with E-state index in [9.17, 15) is 18.8 Å². The van der Waals surface area contributed by atoms with Crippen LogP contribution < -0.4 is 0 Å². The molecule has 0 radical (unpaired) electrons. The highest BCUT2D eigenvalue weighted by Crippen LogP contribution is 2.50. The van der Waals surface area contributed by atoms with Crippen molar-refractivity contribution in [2.45, 2.75) is 81.1 Å². The molecule has 0 saturated heterocycles. The summed E-state index contributed by atoms with van der Waals surface area (Å²) in [6.07, 6.45) is 3.72. The number of nitrogens with zero attached hydrogens (tertiary/aromatic N) is 1. The molecule has 5 N–H and O–H groups in total. The van der Waals surface area contributed by atoms with Gasteiger partial charge in [-0.25, -0.2) is 9.18 Å². The van der Waals surface area contributed by atoms with Gasteiger partial charge in [-0.3, -0.25) is 9.59 Å². The number of halogens is 1. The topological polar surface area (TPSA) is 170 Å². The van der Waals surface area contributed by atoms with Gasteiger partial charge in [-0.2, -0.15) is 0 Å². The van der Waals surface area contributed by atoms with Crippen molar-refractivity contribution in [3.05, 3.63) is 35.3 Å². The van der Waals surface area contributed by atoms with Crippen LogP contribution in [0.2, 0.25) is 0 Å². The molecule has 2 aromatic rings. The van der Waals surface area contributed by atoms with Gasteiger partial charge in [0, 0.05) is 23.6 Å². The van der Waals surface area contributed by atoms with Gasteiger partial charge in [0.1, 0.15) is 11.4 Å². The molecule has 1 saturated carbocycles. The zero-order chi connectivity index (χ0) is 29.9. The molecule has 4 rings (SSSR count). The molecule has 1 unspecified atom stereocenters. The normalized spacial score (nSPS) is 23.4. The Labute approximate surface area is 231 Å². The van der Waals surface area contributed by atoms with Gasteiger partial charge in [-0.1, -0.05) is 6.92 Å². The summed E-state index contributed by atoms with van der Waals surface area (Å²) in [5.41, 5.74) is 0.443. The number of H-pyrrole nitrogens is 1. The van der Waals surface area contributed by atoms with E-state index in [4.69, 9.17) is 29.9 Å². The fourth-order valence-corrected chi connectivity index (χ4v) is 6.31. The molecule has 2 aliphatic rings. The second kappa shape index (κ2) is 12.2. The number of aromatic nitrogens is 1. The SMILES string of the molecule is CCC(OC)C1(N(C)C)CCC2(CC1)OCCc1c2[nH]c2ccc(F)cc12.O=C(O)CC(O)(CC(=O)O)C(=O)O. The molecule has 222 valence electrons. The van der Waals surface area contributed by atoms with Crippen LogP contribution in [0, 0.1) is 5.82 Å². The summed E-state index contributed by atoms with van der Waals surface area (Å²) in [6.45, 7) is 2.90. The lowest BCUT2D eigenvalue weighted by molar-refractivity contribution is -0.170. The van der Waals surface area contributed by atoms with Crippen molar-refractivity contribution in [1.29, 1.82) is 0 Å². The summed E-state index contributed by atoms with van der Waals surface area (Å²) in [5.74, 6) is -5.19. The Balaban J connectivity index is 0.000000289. The predicted octanol–water partition coefficient (Wildman–Crippen LogP) is 3.13. The van der Waals surface area contributed by atoms with Gasteiger partial charge in [0.2, 0.25) is 0 Å². The van der Waals surface area contributed by atoms with Crippen LogP contribution in [0.3, 0.4) is 0 Å². The number of hydrogen-bond acceptors (Lipinski definition) is 7. The lowest BCUT2D eigenvalue weighted by Gasteiger charge is -2.53. The minimum Gasteiger partial charge on any atom is -0.481 e. The van der Waals surface area contributed by atoms with Crippen LogP contribution >= 0.6 is 0 Å². The number of rotatable bonds is 9. The fraction of sp³-hybridized carbons (Fsp3) is 0.607. The molecule has 1 atom stereocenters. The summed E-state index contributed by atoms with van der Waals surface area (Å²) in [5, 5.41) is 34.8. The molecule has 1 aromatic heterocycles. The molecule has 12 heteroatoms. The van der Waals surface area contributed by atoms with Crippen LogP contribution in [-0.2, 0) is 35.9 Å². The van der Waals surface area contributed by atoms with Crippen molar-refractivity contribution in [2.24, 2.45) is 0 Å². The monoisotopic (exact) mass is 566 g/mol. The number of likely N-dealkylation sites (N-methyl/N-ethyl adjacent to an activating group) is 1. The number of carboxylic acids is 3. The molecule has 0 amide bonds. The Morgan fingerprint density at radius 1 is 1.12 bits per heavy atom. The van der Waals surface area contributed by atoms with Crippen LogP contribution in [0.15, 0.2) is 18.2 Å². The minimum absolute atomic E-state index is 0.0356. The van der Waals surface area contributed by atoms with E-state index in [2.05, 4.69) is 30.9 Å². The number of aliphatic hydroxyl groups is 1. The summed E-state index contributed by atoms with van der Waals surface area (Å²) in [6, 6.07) is 5.04. The Morgan fingerprint density at radius 3 is 2.20 bits per heavy atom. The van der Waals surface area contributed by atoms with Gasteiger partial charge in [0.25, 0.3) is 0 Å². The Bertz CT molecular complexity index is 1210. The highest BCUT2D eigenvalue weighted by molar-refractivity contribution is 5.88. The maximum atomic E-state index is 13.8. The Kier molecular flexibility index (Phi) is 9.61. The van der Waals surface area contributed by atoms with Crippen molar-refractivity contribution in [1.82, 2.24) is 9.88 Å². The Hall–Kier alpha value is -3.06. The zero-order valence-electron chi connectivity index (χ0n) is 23.3. The number of ether oxygens (including phenoxy) is 2. The highest BCUT2D eigenvalue weighted by Gasteiger charge is 2.51. The molecule has 2 heterocycles. The first-order valence-electron chi connectivity index (χ1n) is 13.3. The van der Waals surface area contributed by atoms with Gasteiger partial charge in [0.05, 0.1) is 31.2 Å². The number of methoxy groups -OCH3 is 1. The van der Waals surface area contributed by atoms with E-state index >= 15 is 0 Å². The van der Waals surface area contributed by atoms with E-state index in [1.54, 1.807) is 6.07 Å². The van der Waals surface area contributed by atoms with Gasteiger partial charge in [-0.15, -0.1) is 0 Å². The average Bonchev–Trinajstić information content (AvgIpc) is 3.24. The van der Waals surface area contributed by atoms with Crippen LogP contribution in [0.5, 0.6) is 0 Å². The molecule has 40 heavy (non-hydrogen) atoms. The number of benzene rings is 1. The van der Waals surface area contributed by atoms with Gasteiger partial charge in [0.15, 0.2) is 5.60 Å². The van der Waals surface area contributed by atoms with Crippen molar-refractivity contribution in [3.8, 4) is 0 Å². The van der Waals surface area contributed by atoms with Crippen molar-refractivity contribution in [3.63, 3.8) is 0 Å². The third-order valence-electron chi connectivity index (χ3n) is 8.41. The van der Waals surface area contributed by atoms with E-state index in [0.717, 1.165) is 49.4 Å².